The summed E-state index contributed by atoms with van der Waals surface area (Å²) in [6.45, 7) is 2.92. The Morgan fingerprint density at radius 1 is 1.24 bits per heavy atom. The molecule has 0 fully saturated rings. The third-order valence-corrected chi connectivity index (χ3v) is 2.83. The number of ether oxygens (including phenoxy) is 2. The maximum absolute atomic E-state index is 6.15. The van der Waals surface area contributed by atoms with E-state index in [1.54, 1.807) is 14.2 Å². The molecule has 0 aliphatic heterocycles. The summed E-state index contributed by atoms with van der Waals surface area (Å²) >= 11 is 0. The van der Waals surface area contributed by atoms with E-state index in [-0.39, 0.29) is 6.04 Å². The first-order chi connectivity index (χ1) is 8.17. The van der Waals surface area contributed by atoms with Gasteiger partial charge in [0.2, 0.25) is 0 Å². The van der Waals surface area contributed by atoms with Crippen LogP contribution in [0.3, 0.4) is 0 Å². The molecule has 0 amide bonds. The summed E-state index contributed by atoms with van der Waals surface area (Å²) in [6, 6.07) is 8.18. The Balaban J connectivity index is 2.52. The summed E-state index contributed by atoms with van der Waals surface area (Å²) in [5.74, 6) is 1.41. The average Bonchev–Trinajstić information content (AvgIpc) is 2.29. The van der Waals surface area contributed by atoms with Gasteiger partial charge in [0, 0.05) is 19.8 Å². The third-order valence-electron chi connectivity index (χ3n) is 2.83. The summed E-state index contributed by atoms with van der Waals surface area (Å²) in [5.41, 5.74) is 7.32. The molecule has 0 saturated carbocycles. The van der Waals surface area contributed by atoms with Crippen LogP contribution < -0.4 is 10.5 Å². The lowest BCUT2D eigenvalue weighted by Gasteiger charge is -2.17. The topological polar surface area (TPSA) is 44.5 Å². The van der Waals surface area contributed by atoms with Crippen LogP contribution >= 0.6 is 0 Å². The van der Waals surface area contributed by atoms with E-state index < -0.39 is 0 Å². The molecule has 2 atom stereocenters. The Hall–Kier alpha value is -1.06. The monoisotopic (exact) mass is 237 g/mol. The molecule has 1 aromatic rings. The van der Waals surface area contributed by atoms with Crippen LogP contribution in [0.5, 0.6) is 5.75 Å². The summed E-state index contributed by atoms with van der Waals surface area (Å²) < 4.78 is 10.4. The van der Waals surface area contributed by atoms with Crippen molar-refractivity contribution in [3.8, 4) is 5.75 Å². The largest absolute Gasteiger partial charge is 0.496 e. The SMILES string of the molecule is COCC(C)CC(N)Cc1ccccc1OC. The number of hydrogen-bond acceptors (Lipinski definition) is 3. The smallest absolute Gasteiger partial charge is 0.122 e. The fraction of sp³-hybridized carbons (Fsp3) is 0.571. The molecule has 0 radical (unpaired) electrons. The minimum atomic E-state index is 0.149. The summed E-state index contributed by atoms with van der Waals surface area (Å²) in [5, 5.41) is 0. The predicted molar refractivity (Wildman–Crippen MR) is 70.3 cm³/mol. The molecule has 0 saturated heterocycles. The van der Waals surface area contributed by atoms with Gasteiger partial charge in [-0.25, -0.2) is 0 Å². The highest BCUT2D eigenvalue weighted by Gasteiger charge is 2.12. The zero-order valence-corrected chi connectivity index (χ0v) is 11.0. The minimum Gasteiger partial charge on any atom is -0.496 e. The van der Waals surface area contributed by atoms with Gasteiger partial charge in [0.25, 0.3) is 0 Å². The Kier molecular flexibility index (Phi) is 6.01. The zero-order chi connectivity index (χ0) is 12.7. The molecule has 0 bridgehead atoms. The molecule has 96 valence electrons. The lowest BCUT2D eigenvalue weighted by Crippen LogP contribution is -2.26. The lowest BCUT2D eigenvalue weighted by atomic mass is 9.97. The number of benzene rings is 1. The van der Waals surface area contributed by atoms with E-state index >= 15 is 0 Å². The van der Waals surface area contributed by atoms with Crippen molar-refractivity contribution >= 4 is 0 Å². The third kappa shape index (κ3) is 4.75. The van der Waals surface area contributed by atoms with Crippen molar-refractivity contribution in [1.82, 2.24) is 0 Å². The zero-order valence-electron chi connectivity index (χ0n) is 11.0. The van der Waals surface area contributed by atoms with E-state index in [4.69, 9.17) is 15.2 Å². The predicted octanol–water partition coefficient (Wildman–Crippen LogP) is 2.24. The summed E-state index contributed by atoms with van der Waals surface area (Å²) in [6.07, 6.45) is 1.81. The van der Waals surface area contributed by atoms with Crippen LogP contribution in [0.2, 0.25) is 0 Å². The van der Waals surface area contributed by atoms with Gasteiger partial charge in [0.15, 0.2) is 0 Å². The van der Waals surface area contributed by atoms with Crippen LogP contribution in [-0.4, -0.2) is 26.9 Å². The molecular formula is C14H23NO2. The molecule has 2 N–H and O–H groups in total. The highest BCUT2D eigenvalue weighted by Crippen LogP contribution is 2.20. The molecule has 2 unspecified atom stereocenters. The van der Waals surface area contributed by atoms with Crippen LogP contribution in [0.15, 0.2) is 24.3 Å². The standard InChI is InChI=1S/C14H23NO2/c1-11(10-16-2)8-13(15)9-12-6-4-5-7-14(12)17-3/h4-7,11,13H,8-10,15H2,1-3H3. The first-order valence-corrected chi connectivity index (χ1v) is 6.03. The van der Waals surface area contributed by atoms with Gasteiger partial charge in [0.1, 0.15) is 5.75 Å². The van der Waals surface area contributed by atoms with Crippen LogP contribution in [0.1, 0.15) is 18.9 Å². The van der Waals surface area contributed by atoms with Gasteiger partial charge in [0.05, 0.1) is 7.11 Å². The number of nitrogens with two attached hydrogens (primary N) is 1. The van der Waals surface area contributed by atoms with E-state index in [0.717, 1.165) is 25.2 Å². The van der Waals surface area contributed by atoms with Gasteiger partial charge in [-0.3, -0.25) is 0 Å². The molecule has 0 heterocycles. The van der Waals surface area contributed by atoms with Crippen molar-refractivity contribution in [3.05, 3.63) is 29.8 Å². The number of para-hydroxylation sites is 1. The molecule has 0 spiro atoms. The van der Waals surface area contributed by atoms with Gasteiger partial charge in [-0.05, 0) is 30.4 Å². The Labute approximate surface area is 104 Å². The van der Waals surface area contributed by atoms with Crippen molar-refractivity contribution in [2.45, 2.75) is 25.8 Å². The minimum absolute atomic E-state index is 0.149. The molecular weight excluding hydrogens is 214 g/mol. The van der Waals surface area contributed by atoms with Gasteiger partial charge < -0.3 is 15.2 Å². The van der Waals surface area contributed by atoms with Gasteiger partial charge in [-0.15, -0.1) is 0 Å². The number of methoxy groups -OCH3 is 2. The van der Waals surface area contributed by atoms with Crippen molar-refractivity contribution in [3.63, 3.8) is 0 Å². The molecule has 0 aromatic heterocycles. The van der Waals surface area contributed by atoms with Crippen molar-refractivity contribution in [1.29, 1.82) is 0 Å². The Morgan fingerprint density at radius 3 is 2.59 bits per heavy atom. The van der Waals surface area contributed by atoms with Gasteiger partial charge in [-0.1, -0.05) is 25.1 Å². The van der Waals surface area contributed by atoms with Crippen LogP contribution in [0, 0.1) is 5.92 Å². The molecule has 0 aliphatic carbocycles. The van der Waals surface area contributed by atoms with Gasteiger partial charge in [-0.2, -0.15) is 0 Å². The Bertz CT molecular complexity index is 328. The highest BCUT2D eigenvalue weighted by molar-refractivity contribution is 5.33. The normalized spacial score (nSPS) is 14.4. The lowest BCUT2D eigenvalue weighted by molar-refractivity contribution is 0.152. The van der Waals surface area contributed by atoms with Crippen molar-refractivity contribution in [2.75, 3.05) is 20.8 Å². The quantitative estimate of drug-likeness (QED) is 0.791. The van der Waals surface area contributed by atoms with Crippen molar-refractivity contribution in [2.24, 2.45) is 11.7 Å². The second-order valence-corrected chi connectivity index (χ2v) is 4.57. The van der Waals surface area contributed by atoms with E-state index in [2.05, 4.69) is 13.0 Å². The maximum Gasteiger partial charge on any atom is 0.122 e. The first-order valence-electron chi connectivity index (χ1n) is 6.03. The van der Waals surface area contributed by atoms with Crippen LogP contribution in [0.25, 0.3) is 0 Å². The highest BCUT2D eigenvalue weighted by atomic mass is 16.5. The van der Waals surface area contributed by atoms with Gasteiger partial charge >= 0.3 is 0 Å². The van der Waals surface area contributed by atoms with E-state index in [0.29, 0.717) is 5.92 Å². The van der Waals surface area contributed by atoms with E-state index in [1.807, 2.05) is 18.2 Å². The second kappa shape index (κ2) is 7.30. The molecule has 3 heteroatoms. The van der Waals surface area contributed by atoms with Crippen molar-refractivity contribution < 1.29 is 9.47 Å². The van der Waals surface area contributed by atoms with E-state index in [9.17, 15) is 0 Å². The molecule has 1 aromatic carbocycles. The average molecular weight is 237 g/mol. The molecule has 0 aliphatic rings. The fourth-order valence-corrected chi connectivity index (χ4v) is 2.11. The molecule has 17 heavy (non-hydrogen) atoms. The van der Waals surface area contributed by atoms with E-state index in [1.165, 1.54) is 5.56 Å². The molecule has 1 rings (SSSR count). The summed E-state index contributed by atoms with van der Waals surface area (Å²) in [4.78, 5) is 0. The maximum atomic E-state index is 6.15. The summed E-state index contributed by atoms with van der Waals surface area (Å²) in [7, 11) is 3.42. The first kappa shape index (κ1) is 14.0. The second-order valence-electron chi connectivity index (χ2n) is 4.57. The number of rotatable bonds is 7. The molecule has 3 nitrogen and oxygen atoms in total. The Morgan fingerprint density at radius 2 is 1.94 bits per heavy atom. The van der Waals surface area contributed by atoms with Crippen LogP contribution in [-0.2, 0) is 11.2 Å². The fourth-order valence-electron chi connectivity index (χ4n) is 2.11. The number of hydrogen-bond donors (Lipinski definition) is 1. The van der Waals surface area contributed by atoms with Crippen LogP contribution in [0.4, 0.5) is 0 Å².